The first-order valence-corrected chi connectivity index (χ1v) is 8.30. The van der Waals surface area contributed by atoms with Crippen LogP contribution in [0.1, 0.15) is 46.2 Å². The fourth-order valence-electron chi connectivity index (χ4n) is 2.31. The first-order valence-electron chi connectivity index (χ1n) is 8.30. The van der Waals surface area contributed by atoms with Crippen LogP contribution in [0, 0.1) is 5.92 Å². The fraction of sp³-hybridized carbons (Fsp3) is 0.611. The average molecular weight is 323 g/mol. The van der Waals surface area contributed by atoms with E-state index < -0.39 is 0 Å². The van der Waals surface area contributed by atoms with E-state index in [-0.39, 0.29) is 24.5 Å². The lowest BCUT2D eigenvalue weighted by Gasteiger charge is -2.24. The van der Waals surface area contributed by atoms with Crippen molar-refractivity contribution >= 4 is 5.91 Å². The van der Waals surface area contributed by atoms with Gasteiger partial charge in [0, 0.05) is 6.61 Å². The lowest BCUT2D eigenvalue weighted by Crippen LogP contribution is -2.34. The molecule has 0 spiro atoms. The molecule has 1 amide bonds. The third kappa shape index (κ3) is 6.10. The van der Waals surface area contributed by atoms with E-state index in [9.17, 15) is 4.79 Å². The highest BCUT2D eigenvalue weighted by Crippen LogP contribution is 2.32. The normalized spacial score (nSPS) is 12.1. The Morgan fingerprint density at radius 3 is 2.26 bits per heavy atom. The summed E-state index contributed by atoms with van der Waals surface area (Å²) in [4.78, 5) is 12.0. The van der Waals surface area contributed by atoms with E-state index in [0.29, 0.717) is 25.6 Å². The van der Waals surface area contributed by atoms with Gasteiger partial charge in [-0.1, -0.05) is 19.9 Å². The van der Waals surface area contributed by atoms with Crippen molar-refractivity contribution in [1.29, 1.82) is 0 Å². The van der Waals surface area contributed by atoms with Gasteiger partial charge in [0.1, 0.15) is 6.61 Å². The summed E-state index contributed by atoms with van der Waals surface area (Å²) in [7, 11) is 0. The minimum absolute atomic E-state index is 0.0784. The summed E-state index contributed by atoms with van der Waals surface area (Å²) in [5, 5.41) is 3.03. The molecular formula is C18H29NO4. The first kappa shape index (κ1) is 19.3. The molecule has 5 nitrogen and oxygen atoms in total. The van der Waals surface area contributed by atoms with Crippen LogP contribution in [-0.2, 0) is 9.53 Å². The molecule has 1 N–H and O–H groups in total. The van der Waals surface area contributed by atoms with Crippen molar-refractivity contribution in [2.45, 2.75) is 40.7 Å². The van der Waals surface area contributed by atoms with Crippen molar-refractivity contribution in [3.8, 4) is 11.5 Å². The summed E-state index contributed by atoms with van der Waals surface area (Å²) in [6, 6.07) is 5.71. The first-order chi connectivity index (χ1) is 11.0. The van der Waals surface area contributed by atoms with Gasteiger partial charge in [0.05, 0.1) is 19.3 Å². The number of hydrogen-bond acceptors (Lipinski definition) is 4. The van der Waals surface area contributed by atoms with Gasteiger partial charge in [-0.05, 0) is 44.4 Å². The van der Waals surface area contributed by atoms with Crippen molar-refractivity contribution in [3.05, 3.63) is 23.8 Å². The van der Waals surface area contributed by atoms with E-state index in [4.69, 9.17) is 14.2 Å². The van der Waals surface area contributed by atoms with Gasteiger partial charge >= 0.3 is 0 Å². The van der Waals surface area contributed by atoms with Crippen molar-refractivity contribution in [2.24, 2.45) is 5.92 Å². The Balaban J connectivity index is 2.97. The zero-order chi connectivity index (χ0) is 17.2. The second-order valence-electron chi connectivity index (χ2n) is 5.50. The topological polar surface area (TPSA) is 56.8 Å². The summed E-state index contributed by atoms with van der Waals surface area (Å²) in [5.41, 5.74) is 0.997. The highest BCUT2D eigenvalue weighted by Gasteiger charge is 2.20. The average Bonchev–Trinajstić information content (AvgIpc) is 2.52. The summed E-state index contributed by atoms with van der Waals surface area (Å²) >= 11 is 0. The molecule has 0 bridgehead atoms. The Labute approximate surface area is 139 Å². The van der Waals surface area contributed by atoms with Crippen LogP contribution in [0.5, 0.6) is 11.5 Å². The number of hydrogen-bond donors (Lipinski definition) is 1. The summed E-state index contributed by atoms with van der Waals surface area (Å²) in [5.74, 6) is 1.56. The van der Waals surface area contributed by atoms with Gasteiger partial charge in [0.2, 0.25) is 5.91 Å². The molecule has 0 aliphatic heterocycles. The van der Waals surface area contributed by atoms with Crippen molar-refractivity contribution < 1.29 is 19.0 Å². The van der Waals surface area contributed by atoms with E-state index in [1.54, 1.807) is 0 Å². The van der Waals surface area contributed by atoms with Crippen molar-refractivity contribution in [3.63, 3.8) is 0 Å². The fourth-order valence-corrected chi connectivity index (χ4v) is 2.31. The minimum Gasteiger partial charge on any atom is -0.490 e. The van der Waals surface area contributed by atoms with Crippen molar-refractivity contribution in [2.75, 3.05) is 26.4 Å². The van der Waals surface area contributed by atoms with E-state index in [1.165, 1.54) is 0 Å². The zero-order valence-corrected chi connectivity index (χ0v) is 14.8. The summed E-state index contributed by atoms with van der Waals surface area (Å²) in [6.07, 6.45) is 0. The molecule has 0 fully saturated rings. The molecule has 0 saturated heterocycles. The molecule has 0 aliphatic rings. The number of nitrogens with one attached hydrogen (secondary N) is 1. The molecule has 0 saturated carbocycles. The van der Waals surface area contributed by atoms with Crippen molar-refractivity contribution in [1.82, 2.24) is 5.32 Å². The lowest BCUT2D eigenvalue weighted by atomic mass is 9.95. The predicted octanol–water partition coefficient (Wildman–Crippen LogP) is 3.33. The maximum absolute atomic E-state index is 12.0. The van der Waals surface area contributed by atoms with Crippen LogP contribution in [0.15, 0.2) is 18.2 Å². The molecule has 1 aromatic rings. The van der Waals surface area contributed by atoms with E-state index >= 15 is 0 Å². The molecule has 1 rings (SSSR count). The smallest absolute Gasteiger partial charge is 0.246 e. The van der Waals surface area contributed by atoms with Gasteiger partial charge in [-0.2, -0.15) is 0 Å². The Kier molecular flexibility index (Phi) is 8.48. The molecule has 1 aromatic carbocycles. The van der Waals surface area contributed by atoms with Crippen LogP contribution >= 0.6 is 0 Å². The molecule has 1 atom stereocenters. The third-order valence-electron chi connectivity index (χ3n) is 3.35. The quantitative estimate of drug-likeness (QED) is 0.717. The van der Waals surface area contributed by atoms with E-state index in [1.807, 2.05) is 39.0 Å². The van der Waals surface area contributed by atoms with E-state index in [0.717, 1.165) is 11.3 Å². The molecule has 5 heteroatoms. The second-order valence-corrected chi connectivity index (χ2v) is 5.50. The number of rotatable bonds is 10. The molecular weight excluding hydrogens is 294 g/mol. The monoisotopic (exact) mass is 323 g/mol. The standard InChI is InChI=1S/C18H29NO4/c1-6-21-12-17(20)19-18(13(4)5)14-9-10-15(22-7-2)16(11-14)23-8-3/h9-11,13,18H,6-8,12H2,1-5H3,(H,19,20). The van der Waals surface area contributed by atoms with Crippen LogP contribution in [0.3, 0.4) is 0 Å². The number of benzene rings is 1. The third-order valence-corrected chi connectivity index (χ3v) is 3.35. The zero-order valence-electron chi connectivity index (χ0n) is 14.8. The van der Waals surface area contributed by atoms with Gasteiger partial charge in [-0.15, -0.1) is 0 Å². The second kappa shape index (κ2) is 10.1. The molecule has 0 aromatic heterocycles. The number of carbonyl (C=O) groups excluding carboxylic acids is 1. The van der Waals surface area contributed by atoms with Crippen LogP contribution < -0.4 is 14.8 Å². The minimum atomic E-state index is -0.114. The number of carbonyl (C=O) groups is 1. The largest absolute Gasteiger partial charge is 0.490 e. The Hall–Kier alpha value is -1.75. The van der Waals surface area contributed by atoms with Crippen LogP contribution in [-0.4, -0.2) is 32.3 Å². The summed E-state index contributed by atoms with van der Waals surface area (Å²) < 4.78 is 16.4. The van der Waals surface area contributed by atoms with Gasteiger partial charge in [-0.3, -0.25) is 4.79 Å². The molecule has 0 heterocycles. The molecule has 1 unspecified atom stereocenters. The Morgan fingerprint density at radius 2 is 1.70 bits per heavy atom. The molecule has 23 heavy (non-hydrogen) atoms. The molecule has 130 valence electrons. The van der Waals surface area contributed by atoms with Crippen LogP contribution in [0.4, 0.5) is 0 Å². The molecule has 0 radical (unpaired) electrons. The Bertz CT molecular complexity index is 488. The van der Waals surface area contributed by atoms with Gasteiger partial charge in [0.25, 0.3) is 0 Å². The summed E-state index contributed by atoms with van der Waals surface area (Å²) in [6.45, 7) is 11.6. The lowest BCUT2D eigenvalue weighted by molar-refractivity contribution is -0.126. The highest BCUT2D eigenvalue weighted by molar-refractivity contribution is 5.77. The van der Waals surface area contributed by atoms with Crippen LogP contribution in [0.2, 0.25) is 0 Å². The SMILES string of the molecule is CCOCC(=O)NC(c1ccc(OCC)c(OCC)c1)C(C)C. The predicted molar refractivity (Wildman–Crippen MR) is 91.0 cm³/mol. The van der Waals surface area contributed by atoms with Crippen LogP contribution in [0.25, 0.3) is 0 Å². The van der Waals surface area contributed by atoms with E-state index in [2.05, 4.69) is 19.2 Å². The van der Waals surface area contributed by atoms with Gasteiger partial charge in [0.15, 0.2) is 11.5 Å². The van der Waals surface area contributed by atoms with Gasteiger partial charge < -0.3 is 19.5 Å². The molecule has 0 aliphatic carbocycles. The Morgan fingerprint density at radius 1 is 1.04 bits per heavy atom. The number of ether oxygens (including phenoxy) is 3. The number of amides is 1. The van der Waals surface area contributed by atoms with Gasteiger partial charge in [-0.25, -0.2) is 0 Å². The highest BCUT2D eigenvalue weighted by atomic mass is 16.5. The maximum Gasteiger partial charge on any atom is 0.246 e. The maximum atomic E-state index is 12.0.